The Morgan fingerprint density at radius 2 is 2.20 bits per heavy atom. The van der Waals surface area contributed by atoms with Gasteiger partial charge in [-0.25, -0.2) is 0 Å². The second-order valence-corrected chi connectivity index (χ2v) is 6.16. The minimum atomic E-state index is -0.595. The van der Waals surface area contributed by atoms with Gasteiger partial charge in [0.05, 0.1) is 0 Å². The Kier molecular flexibility index (Phi) is 4.62. The minimum absolute atomic E-state index is 0.114. The van der Waals surface area contributed by atoms with E-state index in [0.717, 1.165) is 14.2 Å². The lowest BCUT2D eigenvalue weighted by molar-refractivity contribution is -0.121. The van der Waals surface area contributed by atoms with Crippen molar-refractivity contribution >= 4 is 44.8 Å². The largest absolute Gasteiger partial charge is 0.352 e. The molecule has 1 unspecified atom stereocenters. The highest BCUT2D eigenvalue weighted by Gasteiger charge is 2.20. The molecule has 1 heterocycles. The van der Waals surface area contributed by atoms with E-state index in [4.69, 9.17) is 11.6 Å². The molecule has 1 N–H and O–H groups in total. The van der Waals surface area contributed by atoms with E-state index < -0.39 is 5.38 Å². The summed E-state index contributed by atoms with van der Waals surface area (Å²) >= 11 is 11.0. The van der Waals surface area contributed by atoms with E-state index >= 15 is 0 Å². The number of hydrogen-bond donors (Lipinski definition) is 1. The van der Waals surface area contributed by atoms with Crippen molar-refractivity contribution in [3.8, 4) is 0 Å². The molecule has 0 aromatic carbocycles. The number of alkyl halides is 1. The predicted octanol–water partition coefficient (Wildman–Crippen LogP) is 3.62. The Morgan fingerprint density at radius 1 is 1.60 bits per heavy atom. The van der Waals surface area contributed by atoms with Crippen molar-refractivity contribution in [3.05, 3.63) is 20.3 Å². The van der Waals surface area contributed by atoms with E-state index in [-0.39, 0.29) is 11.9 Å². The van der Waals surface area contributed by atoms with Crippen LogP contribution in [0.4, 0.5) is 0 Å². The van der Waals surface area contributed by atoms with Crippen molar-refractivity contribution in [1.82, 2.24) is 5.32 Å². The average molecular weight is 311 g/mol. The van der Waals surface area contributed by atoms with Crippen LogP contribution in [-0.4, -0.2) is 11.9 Å². The van der Waals surface area contributed by atoms with Crippen molar-refractivity contribution in [2.75, 3.05) is 0 Å². The van der Waals surface area contributed by atoms with Gasteiger partial charge in [0, 0.05) is 20.3 Å². The van der Waals surface area contributed by atoms with Crippen LogP contribution in [-0.2, 0) is 4.79 Å². The first-order valence-corrected chi connectivity index (χ1v) is 6.66. The summed E-state index contributed by atoms with van der Waals surface area (Å²) in [6, 6.07) is 2.01. The standard InChI is InChI=1S/C10H13BrClNOS/c1-5(2)13-10(14)9(12)8-4-7(11)6(3)15-8/h4-5,9H,1-3H3,(H,13,14). The van der Waals surface area contributed by atoms with Gasteiger partial charge in [-0.1, -0.05) is 0 Å². The number of halogens is 2. The first-order chi connectivity index (χ1) is 6.91. The third kappa shape index (κ3) is 3.47. The van der Waals surface area contributed by atoms with E-state index in [1.807, 2.05) is 26.8 Å². The number of hydrogen-bond acceptors (Lipinski definition) is 2. The Morgan fingerprint density at radius 3 is 2.60 bits per heavy atom. The molecule has 1 atom stereocenters. The second-order valence-electron chi connectivity index (χ2n) is 3.58. The van der Waals surface area contributed by atoms with E-state index in [9.17, 15) is 4.79 Å². The van der Waals surface area contributed by atoms with Crippen molar-refractivity contribution in [3.63, 3.8) is 0 Å². The Hall–Kier alpha value is -0.0600. The van der Waals surface area contributed by atoms with Gasteiger partial charge in [-0.3, -0.25) is 4.79 Å². The molecule has 0 aliphatic heterocycles. The minimum Gasteiger partial charge on any atom is -0.352 e. The van der Waals surface area contributed by atoms with Gasteiger partial charge in [-0.05, 0) is 42.8 Å². The third-order valence-electron chi connectivity index (χ3n) is 1.79. The number of carbonyl (C=O) groups excluding carboxylic acids is 1. The first kappa shape index (κ1) is 13.0. The lowest BCUT2D eigenvalue weighted by atomic mass is 10.3. The molecule has 1 aromatic heterocycles. The zero-order chi connectivity index (χ0) is 11.6. The molecule has 0 spiro atoms. The summed E-state index contributed by atoms with van der Waals surface area (Å²) in [5.41, 5.74) is 0. The topological polar surface area (TPSA) is 29.1 Å². The fourth-order valence-corrected chi connectivity index (χ4v) is 2.89. The summed E-state index contributed by atoms with van der Waals surface area (Å²) in [7, 11) is 0. The number of aryl methyl sites for hydroxylation is 1. The number of amides is 1. The van der Waals surface area contributed by atoms with Gasteiger partial charge in [-0.15, -0.1) is 22.9 Å². The molecule has 0 fully saturated rings. The van der Waals surface area contributed by atoms with Crippen LogP contribution < -0.4 is 5.32 Å². The van der Waals surface area contributed by atoms with Gasteiger partial charge in [0.2, 0.25) is 5.91 Å². The van der Waals surface area contributed by atoms with E-state index in [2.05, 4.69) is 21.2 Å². The van der Waals surface area contributed by atoms with Gasteiger partial charge in [-0.2, -0.15) is 0 Å². The molecule has 1 rings (SSSR count). The third-order valence-corrected chi connectivity index (χ3v) is 4.55. The van der Waals surface area contributed by atoms with Crippen LogP contribution in [0, 0.1) is 6.92 Å². The molecule has 15 heavy (non-hydrogen) atoms. The van der Waals surface area contributed by atoms with Gasteiger partial charge in [0.15, 0.2) is 0 Å². The maximum absolute atomic E-state index is 11.6. The highest BCUT2D eigenvalue weighted by atomic mass is 79.9. The first-order valence-electron chi connectivity index (χ1n) is 4.62. The summed E-state index contributed by atoms with van der Waals surface area (Å²) in [6.07, 6.45) is 0. The molecular weight excluding hydrogens is 298 g/mol. The number of carbonyl (C=O) groups is 1. The molecule has 0 aliphatic carbocycles. The zero-order valence-corrected chi connectivity index (χ0v) is 12.0. The monoisotopic (exact) mass is 309 g/mol. The van der Waals surface area contributed by atoms with E-state index in [1.54, 1.807) is 0 Å². The maximum atomic E-state index is 11.6. The van der Waals surface area contributed by atoms with Gasteiger partial charge < -0.3 is 5.32 Å². The maximum Gasteiger partial charge on any atom is 0.243 e. The molecule has 0 radical (unpaired) electrons. The molecule has 2 nitrogen and oxygen atoms in total. The summed E-state index contributed by atoms with van der Waals surface area (Å²) in [4.78, 5) is 13.6. The fourth-order valence-electron chi connectivity index (χ4n) is 1.09. The Balaban J connectivity index is 2.76. The smallest absolute Gasteiger partial charge is 0.243 e. The molecule has 84 valence electrons. The van der Waals surface area contributed by atoms with Crippen molar-refractivity contribution in [1.29, 1.82) is 0 Å². The van der Waals surface area contributed by atoms with E-state index in [1.165, 1.54) is 11.3 Å². The van der Waals surface area contributed by atoms with Crippen LogP contribution in [0.15, 0.2) is 10.5 Å². The van der Waals surface area contributed by atoms with Crippen LogP contribution >= 0.6 is 38.9 Å². The summed E-state index contributed by atoms with van der Waals surface area (Å²) in [5.74, 6) is -0.139. The van der Waals surface area contributed by atoms with Crippen LogP contribution in [0.3, 0.4) is 0 Å². The average Bonchev–Trinajstić information content (AvgIpc) is 2.44. The molecule has 5 heteroatoms. The summed E-state index contributed by atoms with van der Waals surface area (Å²) in [6.45, 7) is 5.82. The molecule has 1 amide bonds. The second kappa shape index (κ2) is 5.32. The highest BCUT2D eigenvalue weighted by molar-refractivity contribution is 9.10. The Labute approximate surface area is 107 Å². The molecule has 0 aliphatic rings. The van der Waals surface area contributed by atoms with Crippen LogP contribution in [0.2, 0.25) is 0 Å². The zero-order valence-electron chi connectivity index (χ0n) is 8.80. The van der Waals surface area contributed by atoms with Crippen molar-refractivity contribution in [2.24, 2.45) is 0 Å². The molecule has 0 bridgehead atoms. The summed E-state index contributed by atoms with van der Waals surface area (Å²) in [5, 5.41) is 2.20. The normalized spacial score (nSPS) is 12.9. The van der Waals surface area contributed by atoms with Crippen molar-refractivity contribution in [2.45, 2.75) is 32.2 Å². The van der Waals surface area contributed by atoms with Crippen LogP contribution in [0.1, 0.15) is 29.0 Å². The predicted molar refractivity (Wildman–Crippen MR) is 68.6 cm³/mol. The number of thiophene rings is 1. The van der Waals surface area contributed by atoms with Gasteiger partial charge >= 0.3 is 0 Å². The van der Waals surface area contributed by atoms with Crippen LogP contribution in [0.5, 0.6) is 0 Å². The van der Waals surface area contributed by atoms with Crippen molar-refractivity contribution < 1.29 is 4.79 Å². The van der Waals surface area contributed by atoms with Gasteiger partial charge in [0.25, 0.3) is 0 Å². The molecule has 0 saturated heterocycles. The fraction of sp³-hybridized carbons (Fsp3) is 0.500. The highest BCUT2D eigenvalue weighted by Crippen LogP contribution is 2.33. The lowest BCUT2D eigenvalue weighted by Gasteiger charge is -2.11. The SMILES string of the molecule is Cc1sc(C(Cl)C(=O)NC(C)C)cc1Br. The lowest BCUT2D eigenvalue weighted by Crippen LogP contribution is -2.32. The quantitative estimate of drug-likeness (QED) is 0.849. The molecular formula is C10H13BrClNOS. The van der Waals surface area contributed by atoms with E-state index in [0.29, 0.717) is 0 Å². The Bertz CT molecular complexity index is 345. The molecule has 1 aromatic rings. The molecule has 0 saturated carbocycles. The van der Waals surface area contributed by atoms with Crippen LogP contribution in [0.25, 0.3) is 0 Å². The number of rotatable bonds is 3. The number of nitrogens with one attached hydrogen (secondary N) is 1. The summed E-state index contributed by atoms with van der Waals surface area (Å²) < 4.78 is 1.01. The van der Waals surface area contributed by atoms with Gasteiger partial charge in [0.1, 0.15) is 5.38 Å².